The molecule has 0 aliphatic carbocycles. The number of hydrogen-bond donors (Lipinski definition) is 1. The second kappa shape index (κ2) is 4.11. The summed E-state index contributed by atoms with van der Waals surface area (Å²) in [6, 6.07) is 4.08. The molecule has 0 aliphatic rings. The van der Waals surface area contributed by atoms with Crippen LogP contribution < -0.4 is 5.32 Å². The predicted molar refractivity (Wildman–Crippen MR) is 60.5 cm³/mol. The number of fused-ring (bicyclic) bond motifs is 1. The Labute approximate surface area is 91.3 Å². The zero-order valence-electron chi connectivity index (χ0n) is 8.00. The van der Waals surface area contributed by atoms with Crippen LogP contribution in [-0.2, 0) is 6.42 Å². The summed E-state index contributed by atoms with van der Waals surface area (Å²) in [6.45, 7) is 0.950. The van der Waals surface area contributed by atoms with Gasteiger partial charge in [-0.25, -0.2) is 4.98 Å². The summed E-state index contributed by atoms with van der Waals surface area (Å²) in [5, 5.41) is 3.12. The van der Waals surface area contributed by atoms with E-state index in [9.17, 15) is 0 Å². The summed E-state index contributed by atoms with van der Waals surface area (Å²) in [4.78, 5) is 4.38. The Balaban J connectivity index is 2.40. The summed E-state index contributed by atoms with van der Waals surface area (Å²) < 4.78 is 3.19. The maximum Gasteiger partial charge on any atom is 0.114 e. The second-order valence-electron chi connectivity index (χ2n) is 3.17. The third-order valence-corrected chi connectivity index (χ3v) is 2.64. The Hall–Kier alpha value is -0.870. The standard InChI is InChI=1S/C10H12BrN3/c1-12-5-4-10-13-6-9-3-2-8(11)7-14(9)10/h2-3,6-7,12H,4-5H2,1H3. The predicted octanol–water partition coefficient (Wildman–Crippen LogP) is 1.86. The van der Waals surface area contributed by atoms with Crippen molar-refractivity contribution in [3.05, 3.63) is 34.8 Å². The first kappa shape index (κ1) is 9.68. The molecule has 0 bridgehead atoms. The maximum absolute atomic E-state index is 4.38. The van der Waals surface area contributed by atoms with E-state index in [1.807, 2.05) is 25.5 Å². The minimum atomic E-state index is 0.946. The minimum Gasteiger partial charge on any atom is -0.319 e. The molecule has 0 fully saturated rings. The second-order valence-corrected chi connectivity index (χ2v) is 4.09. The van der Waals surface area contributed by atoms with E-state index in [1.165, 1.54) is 0 Å². The highest BCUT2D eigenvalue weighted by molar-refractivity contribution is 9.10. The lowest BCUT2D eigenvalue weighted by Gasteiger charge is -2.01. The molecular formula is C10H12BrN3. The lowest BCUT2D eigenvalue weighted by molar-refractivity contribution is 0.753. The third kappa shape index (κ3) is 1.81. The van der Waals surface area contributed by atoms with Crippen LogP contribution in [0.15, 0.2) is 29.0 Å². The van der Waals surface area contributed by atoms with E-state index in [2.05, 4.69) is 36.7 Å². The van der Waals surface area contributed by atoms with Crippen LogP contribution in [0.4, 0.5) is 0 Å². The highest BCUT2D eigenvalue weighted by atomic mass is 79.9. The largest absolute Gasteiger partial charge is 0.319 e. The molecule has 2 aromatic heterocycles. The topological polar surface area (TPSA) is 29.3 Å². The fourth-order valence-corrected chi connectivity index (χ4v) is 1.78. The molecule has 74 valence electrons. The molecule has 0 unspecified atom stereocenters. The van der Waals surface area contributed by atoms with Crippen LogP contribution in [-0.4, -0.2) is 23.0 Å². The number of likely N-dealkylation sites (N-methyl/N-ethyl adjacent to an activating group) is 1. The molecule has 0 spiro atoms. The van der Waals surface area contributed by atoms with Crippen molar-refractivity contribution in [2.24, 2.45) is 0 Å². The van der Waals surface area contributed by atoms with Gasteiger partial charge in [0.05, 0.1) is 11.7 Å². The molecule has 3 nitrogen and oxygen atoms in total. The SMILES string of the molecule is CNCCc1ncc2ccc(Br)cn12. The molecule has 0 saturated carbocycles. The van der Waals surface area contributed by atoms with Crippen molar-refractivity contribution < 1.29 is 0 Å². The Morgan fingerprint density at radius 3 is 3.14 bits per heavy atom. The van der Waals surface area contributed by atoms with Gasteiger partial charge in [0.15, 0.2) is 0 Å². The summed E-state index contributed by atoms with van der Waals surface area (Å²) in [5.41, 5.74) is 1.14. The fraction of sp³-hybridized carbons (Fsp3) is 0.300. The average Bonchev–Trinajstić information content (AvgIpc) is 2.57. The van der Waals surface area contributed by atoms with Crippen LogP contribution in [0.2, 0.25) is 0 Å². The van der Waals surface area contributed by atoms with Gasteiger partial charge in [-0.1, -0.05) is 0 Å². The van der Waals surface area contributed by atoms with Crippen molar-refractivity contribution in [3.63, 3.8) is 0 Å². The van der Waals surface area contributed by atoms with E-state index in [0.717, 1.165) is 28.8 Å². The summed E-state index contributed by atoms with van der Waals surface area (Å²) in [6.07, 6.45) is 4.89. The Bertz CT molecular complexity index is 436. The molecule has 0 saturated heterocycles. The number of pyridine rings is 1. The molecule has 14 heavy (non-hydrogen) atoms. The molecule has 0 atom stereocenters. The number of hydrogen-bond acceptors (Lipinski definition) is 2. The lowest BCUT2D eigenvalue weighted by Crippen LogP contribution is -2.12. The number of halogens is 1. The van der Waals surface area contributed by atoms with E-state index in [-0.39, 0.29) is 0 Å². The molecule has 0 aromatic carbocycles. The highest BCUT2D eigenvalue weighted by Crippen LogP contribution is 2.13. The number of rotatable bonds is 3. The zero-order chi connectivity index (χ0) is 9.97. The molecule has 2 aromatic rings. The van der Waals surface area contributed by atoms with Crippen molar-refractivity contribution in [2.45, 2.75) is 6.42 Å². The van der Waals surface area contributed by atoms with E-state index < -0.39 is 0 Å². The Morgan fingerprint density at radius 1 is 1.50 bits per heavy atom. The van der Waals surface area contributed by atoms with Crippen LogP contribution in [0, 0.1) is 0 Å². The van der Waals surface area contributed by atoms with Gasteiger partial charge in [0.25, 0.3) is 0 Å². The van der Waals surface area contributed by atoms with Crippen LogP contribution in [0.5, 0.6) is 0 Å². The van der Waals surface area contributed by atoms with Crippen molar-refractivity contribution in [3.8, 4) is 0 Å². The number of nitrogens with zero attached hydrogens (tertiary/aromatic N) is 2. The minimum absolute atomic E-state index is 0.946. The normalized spacial score (nSPS) is 11.0. The average molecular weight is 254 g/mol. The fourth-order valence-electron chi connectivity index (χ4n) is 1.44. The van der Waals surface area contributed by atoms with Crippen LogP contribution in [0.25, 0.3) is 5.52 Å². The maximum atomic E-state index is 4.38. The van der Waals surface area contributed by atoms with Crippen molar-refractivity contribution in [1.29, 1.82) is 0 Å². The van der Waals surface area contributed by atoms with Crippen LogP contribution >= 0.6 is 15.9 Å². The lowest BCUT2D eigenvalue weighted by atomic mass is 10.4. The highest BCUT2D eigenvalue weighted by Gasteiger charge is 2.02. The van der Waals surface area contributed by atoms with Gasteiger partial charge >= 0.3 is 0 Å². The molecule has 0 aliphatic heterocycles. The molecule has 0 radical (unpaired) electrons. The van der Waals surface area contributed by atoms with E-state index in [0.29, 0.717) is 0 Å². The summed E-state index contributed by atoms with van der Waals surface area (Å²) in [7, 11) is 1.95. The van der Waals surface area contributed by atoms with Gasteiger partial charge in [-0.15, -0.1) is 0 Å². The first-order valence-electron chi connectivity index (χ1n) is 4.57. The first-order valence-corrected chi connectivity index (χ1v) is 5.36. The summed E-state index contributed by atoms with van der Waals surface area (Å²) in [5.74, 6) is 1.09. The van der Waals surface area contributed by atoms with Crippen molar-refractivity contribution >= 4 is 21.4 Å². The molecule has 2 rings (SSSR count). The molecule has 2 heterocycles. The number of imidazole rings is 1. The smallest absolute Gasteiger partial charge is 0.114 e. The van der Waals surface area contributed by atoms with Gasteiger partial charge in [-0.05, 0) is 35.1 Å². The van der Waals surface area contributed by atoms with Crippen molar-refractivity contribution in [2.75, 3.05) is 13.6 Å². The monoisotopic (exact) mass is 253 g/mol. The molecule has 1 N–H and O–H groups in total. The number of nitrogens with one attached hydrogen (secondary N) is 1. The van der Waals surface area contributed by atoms with E-state index >= 15 is 0 Å². The quantitative estimate of drug-likeness (QED) is 0.905. The van der Waals surface area contributed by atoms with E-state index in [4.69, 9.17) is 0 Å². The van der Waals surface area contributed by atoms with Gasteiger partial charge in [-0.3, -0.25) is 0 Å². The Morgan fingerprint density at radius 2 is 2.36 bits per heavy atom. The first-order chi connectivity index (χ1) is 6.81. The van der Waals surface area contributed by atoms with Crippen LogP contribution in [0.1, 0.15) is 5.82 Å². The van der Waals surface area contributed by atoms with E-state index in [1.54, 1.807) is 0 Å². The summed E-state index contributed by atoms with van der Waals surface area (Å²) >= 11 is 3.46. The van der Waals surface area contributed by atoms with Gasteiger partial charge in [-0.2, -0.15) is 0 Å². The molecule has 0 amide bonds. The van der Waals surface area contributed by atoms with Gasteiger partial charge in [0, 0.05) is 23.6 Å². The van der Waals surface area contributed by atoms with Gasteiger partial charge in [0.2, 0.25) is 0 Å². The molecule has 4 heteroatoms. The number of aromatic nitrogens is 2. The molecular weight excluding hydrogens is 242 g/mol. The van der Waals surface area contributed by atoms with Crippen molar-refractivity contribution in [1.82, 2.24) is 14.7 Å². The Kier molecular flexibility index (Phi) is 2.84. The van der Waals surface area contributed by atoms with Gasteiger partial charge < -0.3 is 9.72 Å². The zero-order valence-corrected chi connectivity index (χ0v) is 9.58. The van der Waals surface area contributed by atoms with Gasteiger partial charge in [0.1, 0.15) is 5.82 Å². The third-order valence-electron chi connectivity index (χ3n) is 2.17. The van der Waals surface area contributed by atoms with Crippen LogP contribution in [0.3, 0.4) is 0 Å².